The number of aliphatic hydroxyl groups excluding tert-OH is 1. The van der Waals surface area contributed by atoms with Crippen molar-refractivity contribution in [1.29, 1.82) is 0 Å². The summed E-state index contributed by atoms with van der Waals surface area (Å²) < 4.78 is 0. The Bertz CT molecular complexity index is 672. The fourth-order valence-electron chi connectivity index (χ4n) is 2.74. The van der Waals surface area contributed by atoms with Gasteiger partial charge in [0, 0.05) is 23.8 Å². The SMILES string of the molecule is CCCCC/C=C\C\C=C/C=C/C=C/[C@@H](SCCC(=O)NCC(=O)O)[C@@H](O)CCCC(=O)O. The number of allylic oxidation sites excluding steroid dienone is 7. The third-order valence-electron chi connectivity index (χ3n) is 4.53. The number of aliphatic hydroxyl groups is 1. The first-order chi connectivity index (χ1) is 15.9. The minimum atomic E-state index is -1.10. The summed E-state index contributed by atoms with van der Waals surface area (Å²) in [5.74, 6) is -1.96. The van der Waals surface area contributed by atoms with E-state index in [1.165, 1.54) is 31.0 Å². The van der Waals surface area contributed by atoms with Gasteiger partial charge in [-0.15, -0.1) is 0 Å². The molecule has 0 aromatic heterocycles. The molecule has 0 spiro atoms. The maximum absolute atomic E-state index is 11.7. The fraction of sp³-hybridized carbons (Fsp3) is 0.560. The number of carboxylic acid groups (broad SMARTS) is 2. The molecular weight excluding hydrogens is 442 g/mol. The lowest BCUT2D eigenvalue weighted by Crippen LogP contribution is -2.30. The highest BCUT2D eigenvalue weighted by Gasteiger charge is 2.17. The third kappa shape index (κ3) is 21.3. The number of amides is 1. The van der Waals surface area contributed by atoms with Crippen LogP contribution in [0.15, 0.2) is 48.6 Å². The maximum Gasteiger partial charge on any atom is 0.322 e. The van der Waals surface area contributed by atoms with Crippen molar-refractivity contribution >= 4 is 29.6 Å². The Balaban J connectivity index is 4.54. The van der Waals surface area contributed by atoms with Gasteiger partial charge in [0.1, 0.15) is 6.54 Å². The van der Waals surface area contributed by atoms with Gasteiger partial charge in [-0.3, -0.25) is 14.4 Å². The van der Waals surface area contributed by atoms with Crippen LogP contribution in [0, 0.1) is 0 Å². The van der Waals surface area contributed by atoms with Crippen molar-refractivity contribution in [1.82, 2.24) is 5.32 Å². The second-order valence-electron chi connectivity index (χ2n) is 7.51. The molecule has 8 heteroatoms. The van der Waals surface area contributed by atoms with Crippen LogP contribution in [-0.4, -0.2) is 56.8 Å². The second kappa shape index (κ2) is 21.5. The summed E-state index contributed by atoms with van der Waals surface area (Å²) >= 11 is 1.38. The smallest absolute Gasteiger partial charge is 0.322 e. The van der Waals surface area contributed by atoms with E-state index >= 15 is 0 Å². The van der Waals surface area contributed by atoms with Gasteiger partial charge >= 0.3 is 11.9 Å². The van der Waals surface area contributed by atoms with E-state index in [1.54, 1.807) is 0 Å². The van der Waals surface area contributed by atoms with Crippen molar-refractivity contribution in [2.45, 2.75) is 76.1 Å². The van der Waals surface area contributed by atoms with Gasteiger partial charge in [0.2, 0.25) is 5.91 Å². The Morgan fingerprint density at radius 2 is 1.67 bits per heavy atom. The zero-order valence-corrected chi connectivity index (χ0v) is 20.3. The van der Waals surface area contributed by atoms with E-state index in [4.69, 9.17) is 10.2 Å². The number of aliphatic carboxylic acids is 2. The first-order valence-corrected chi connectivity index (χ1v) is 12.6. The van der Waals surface area contributed by atoms with Gasteiger partial charge in [-0.05, 0) is 32.1 Å². The van der Waals surface area contributed by atoms with E-state index < -0.39 is 24.6 Å². The molecule has 4 N–H and O–H groups in total. The minimum absolute atomic E-state index is 0.00645. The molecule has 0 aliphatic carbocycles. The van der Waals surface area contributed by atoms with Gasteiger partial charge < -0.3 is 20.6 Å². The van der Waals surface area contributed by atoms with Crippen molar-refractivity contribution in [2.24, 2.45) is 0 Å². The monoisotopic (exact) mass is 481 g/mol. The Labute approximate surface area is 201 Å². The second-order valence-corrected chi connectivity index (χ2v) is 8.80. The molecule has 0 saturated heterocycles. The number of nitrogens with one attached hydrogen (secondary N) is 1. The number of unbranched alkanes of at least 4 members (excludes halogenated alkanes) is 3. The number of thioether (sulfide) groups is 1. The van der Waals surface area contributed by atoms with Crippen molar-refractivity contribution in [2.75, 3.05) is 12.3 Å². The molecule has 0 unspecified atom stereocenters. The van der Waals surface area contributed by atoms with Crippen LogP contribution in [-0.2, 0) is 14.4 Å². The molecule has 0 fully saturated rings. The van der Waals surface area contributed by atoms with Crippen LogP contribution in [0.1, 0.15) is 64.7 Å². The molecule has 0 aromatic rings. The first kappa shape index (κ1) is 30.7. The van der Waals surface area contributed by atoms with Crippen LogP contribution in [0.4, 0.5) is 0 Å². The Morgan fingerprint density at radius 3 is 2.36 bits per heavy atom. The molecule has 0 saturated carbocycles. The summed E-state index contributed by atoms with van der Waals surface area (Å²) in [6.07, 6.45) is 21.6. The highest BCUT2D eigenvalue weighted by molar-refractivity contribution is 8.00. The molecule has 33 heavy (non-hydrogen) atoms. The highest BCUT2D eigenvalue weighted by Crippen LogP contribution is 2.21. The number of hydrogen-bond acceptors (Lipinski definition) is 5. The molecule has 0 aliphatic rings. The largest absolute Gasteiger partial charge is 0.481 e. The van der Waals surface area contributed by atoms with E-state index in [1.807, 2.05) is 30.4 Å². The molecule has 0 aliphatic heterocycles. The van der Waals surface area contributed by atoms with Crippen molar-refractivity contribution < 1.29 is 29.7 Å². The molecule has 1 amide bonds. The zero-order chi connectivity index (χ0) is 24.7. The Kier molecular flexibility index (Phi) is 20.0. The number of carbonyl (C=O) groups is 3. The average Bonchev–Trinajstić information content (AvgIpc) is 2.76. The summed E-state index contributed by atoms with van der Waals surface area (Å²) in [6, 6.07) is 0. The van der Waals surface area contributed by atoms with Crippen LogP contribution in [0.2, 0.25) is 0 Å². The maximum atomic E-state index is 11.7. The van der Waals surface area contributed by atoms with Crippen LogP contribution >= 0.6 is 11.8 Å². The van der Waals surface area contributed by atoms with Crippen LogP contribution in [0.3, 0.4) is 0 Å². The molecular formula is C25H39NO6S. The number of carboxylic acids is 2. The summed E-state index contributed by atoms with van der Waals surface area (Å²) in [4.78, 5) is 32.9. The third-order valence-corrected chi connectivity index (χ3v) is 5.83. The first-order valence-electron chi connectivity index (χ1n) is 11.5. The molecule has 0 aromatic carbocycles. The Morgan fingerprint density at radius 1 is 0.909 bits per heavy atom. The van der Waals surface area contributed by atoms with E-state index in [0.29, 0.717) is 18.6 Å². The van der Waals surface area contributed by atoms with E-state index in [9.17, 15) is 19.5 Å². The molecule has 7 nitrogen and oxygen atoms in total. The molecule has 0 radical (unpaired) electrons. The van der Waals surface area contributed by atoms with E-state index in [-0.39, 0.29) is 24.0 Å². The number of hydrogen-bond donors (Lipinski definition) is 4. The summed E-state index contributed by atoms with van der Waals surface area (Å²) in [5.41, 5.74) is 0. The zero-order valence-electron chi connectivity index (χ0n) is 19.5. The van der Waals surface area contributed by atoms with Gasteiger partial charge in [0.05, 0.1) is 6.10 Å². The van der Waals surface area contributed by atoms with E-state index in [0.717, 1.165) is 12.8 Å². The van der Waals surface area contributed by atoms with Gasteiger partial charge in [0.15, 0.2) is 0 Å². The van der Waals surface area contributed by atoms with Gasteiger partial charge in [-0.2, -0.15) is 11.8 Å². The van der Waals surface area contributed by atoms with Gasteiger partial charge in [-0.25, -0.2) is 0 Å². The predicted molar refractivity (Wildman–Crippen MR) is 134 cm³/mol. The topological polar surface area (TPSA) is 124 Å². The lowest BCUT2D eigenvalue weighted by Gasteiger charge is -2.19. The standard InChI is InChI=1S/C25H39NO6S/c1-2-3-4-5-6-7-8-9-10-11-12-13-16-22(21(27)15-14-17-24(29)30)33-19-18-23(28)26-20-25(31)32/h6-7,9-13,16,21-22,27H,2-5,8,14-15,17-20H2,1H3,(H,26,28)(H,29,30)(H,31,32)/b7-6-,10-9-,12-11+,16-13+/t21-,22+/m0/s1. The molecule has 0 rings (SSSR count). The lowest BCUT2D eigenvalue weighted by atomic mass is 10.1. The van der Waals surface area contributed by atoms with Gasteiger partial charge in [0.25, 0.3) is 0 Å². The molecule has 0 bridgehead atoms. The Hall–Kier alpha value is -2.32. The van der Waals surface area contributed by atoms with Gasteiger partial charge in [-0.1, -0.05) is 68.4 Å². The van der Waals surface area contributed by atoms with Crippen LogP contribution in [0.25, 0.3) is 0 Å². The lowest BCUT2D eigenvalue weighted by molar-refractivity contribution is -0.138. The quantitative estimate of drug-likeness (QED) is 0.115. The van der Waals surface area contributed by atoms with Crippen LogP contribution < -0.4 is 5.32 Å². The minimum Gasteiger partial charge on any atom is -0.481 e. The summed E-state index contributed by atoms with van der Waals surface area (Å²) in [6.45, 7) is 1.77. The fourth-order valence-corrected chi connectivity index (χ4v) is 3.87. The van der Waals surface area contributed by atoms with Crippen molar-refractivity contribution in [3.8, 4) is 0 Å². The summed E-state index contributed by atoms with van der Waals surface area (Å²) in [7, 11) is 0. The van der Waals surface area contributed by atoms with Crippen molar-refractivity contribution in [3.05, 3.63) is 48.6 Å². The number of carbonyl (C=O) groups excluding carboxylic acids is 1. The molecule has 2 atom stereocenters. The highest BCUT2D eigenvalue weighted by atomic mass is 32.2. The molecule has 0 heterocycles. The average molecular weight is 482 g/mol. The number of rotatable bonds is 20. The van der Waals surface area contributed by atoms with E-state index in [2.05, 4.69) is 30.5 Å². The predicted octanol–water partition coefficient (Wildman–Crippen LogP) is 4.49. The summed E-state index contributed by atoms with van der Waals surface area (Å²) in [5, 5.41) is 29.8. The normalized spacial score (nSPS) is 13.9. The molecule has 186 valence electrons. The van der Waals surface area contributed by atoms with Crippen LogP contribution in [0.5, 0.6) is 0 Å². The van der Waals surface area contributed by atoms with Crippen molar-refractivity contribution in [3.63, 3.8) is 0 Å².